The summed E-state index contributed by atoms with van der Waals surface area (Å²) in [6.45, 7) is 2.23. The minimum Gasteiger partial charge on any atom is -0.348 e. The van der Waals surface area contributed by atoms with Crippen LogP contribution in [0.15, 0.2) is 30.3 Å². The van der Waals surface area contributed by atoms with E-state index < -0.39 is 0 Å². The Morgan fingerprint density at radius 1 is 1.12 bits per heavy atom. The van der Waals surface area contributed by atoms with Crippen LogP contribution in [0.1, 0.15) is 44.7 Å². The second-order valence-electron chi connectivity index (χ2n) is 4.38. The van der Waals surface area contributed by atoms with Gasteiger partial charge in [0.2, 0.25) is 0 Å². The normalized spacial score (nSPS) is 10.2. The average Bonchev–Trinajstić information content (AvgIpc) is 2.76. The molecule has 1 nitrogen and oxygen atoms in total. The molecule has 0 aliphatic carbocycles. The van der Waals surface area contributed by atoms with Crippen LogP contribution in [0.4, 0.5) is 0 Å². The molecule has 0 aliphatic heterocycles. The first-order valence-corrected chi connectivity index (χ1v) is 6.47. The Hall–Kier alpha value is -1.68. The van der Waals surface area contributed by atoms with Crippen LogP contribution in [-0.4, -0.2) is 4.98 Å². The molecule has 0 bridgehead atoms. The molecule has 1 heterocycles. The highest BCUT2D eigenvalue weighted by molar-refractivity contribution is 5.81. The number of rotatable bonds is 4. The summed E-state index contributed by atoms with van der Waals surface area (Å²) in [4.78, 5) is 3.32. The van der Waals surface area contributed by atoms with Gasteiger partial charge in [0.25, 0.3) is 0 Å². The van der Waals surface area contributed by atoms with Crippen molar-refractivity contribution in [2.24, 2.45) is 0 Å². The molecule has 2 aromatic rings. The van der Waals surface area contributed by atoms with Gasteiger partial charge in [-0.3, -0.25) is 0 Å². The van der Waals surface area contributed by atoms with Gasteiger partial charge in [-0.1, -0.05) is 50.3 Å². The van der Waals surface area contributed by atoms with Gasteiger partial charge in [0, 0.05) is 17.3 Å². The van der Waals surface area contributed by atoms with E-state index in [9.17, 15) is 0 Å². The zero-order valence-electron chi connectivity index (χ0n) is 10.4. The number of fused-ring (bicyclic) bond motifs is 1. The smallest absolute Gasteiger partial charge is 0.0904 e. The van der Waals surface area contributed by atoms with Crippen LogP contribution < -0.4 is 0 Å². The van der Waals surface area contributed by atoms with Crippen LogP contribution >= 0.6 is 0 Å². The lowest BCUT2D eigenvalue weighted by Gasteiger charge is -1.91. The number of aromatic amines is 1. The van der Waals surface area contributed by atoms with Crippen molar-refractivity contribution in [3.8, 4) is 11.8 Å². The molecule has 1 aromatic heterocycles. The lowest BCUT2D eigenvalue weighted by Crippen LogP contribution is -1.75. The summed E-state index contributed by atoms with van der Waals surface area (Å²) in [7, 11) is 0. The van der Waals surface area contributed by atoms with Gasteiger partial charge < -0.3 is 4.98 Å². The standard InChI is InChI=1S/C16H19N/c1-2-3-4-5-6-7-11-15-13-14-10-8-9-12-16(14)17-15/h8-10,12-13,17H,2-6H2,1H3. The van der Waals surface area contributed by atoms with Crippen molar-refractivity contribution < 1.29 is 0 Å². The zero-order valence-corrected chi connectivity index (χ0v) is 10.4. The molecule has 0 unspecified atom stereocenters. The topological polar surface area (TPSA) is 15.8 Å². The lowest BCUT2D eigenvalue weighted by atomic mass is 10.1. The highest BCUT2D eigenvalue weighted by Crippen LogP contribution is 2.13. The summed E-state index contributed by atoms with van der Waals surface area (Å²) < 4.78 is 0. The van der Waals surface area contributed by atoms with Crippen LogP contribution in [0, 0.1) is 11.8 Å². The van der Waals surface area contributed by atoms with E-state index in [0.29, 0.717) is 0 Å². The summed E-state index contributed by atoms with van der Waals surface area (Å²) >= 11 is 0. The fourth-order valence-electron chi connectivity index (χ4n) is 1.94. The van der Waals surface area contributed by atoms with E-state index in [1.165, 1.54) is 36.6 Å². The summed E-state index contributed by atoms with van der Waals surface area (Å²) in [6, 6.07) is 10.4. The number of aromatic nitrogens is 1. The minimum atomic E-state index is 1.01. The Bertz CT molecular complexity index is 492. The molecule has 0 amide bonds. The SMILES string of the molecule is CCCCCCC#Cc1cc2ccccc2[nH]1. The molecule has 0 fully saturated rings. The highest BCUT2D eigenvalue weighted by atomic mass is 14.7. The monoisotopic (exact) mass is 225 g/mol. The summed E-state index contributed by atoms with van der Waals surface area (Å²) in [5.74, 6) is 6.45. The molecule has 1 aromatic carbocycles. The second-order valence-corrected chi connectivity index (χ2v) is 4.38. The van der Waals surface area contributed by atoms with Gasteiger partial charge in [-0.15, -0.1) is 0 Å². The van der Waals surface area contributed by atoms with Crippen LogP contribution in [0.5, 0.6) is 0 Å². The molecule has 0 saturated heterocycles. The van der Waals surface area contributed by atoms with Gasteiger partial charge in [-0.2, -0.15) is 0 Å². The summed E-state index contributed by atoms with van der Waals surface area (Å²) in [5.41, 5.74) is 2.20. The molecule has 0 spiro atoms. The lowest BCUT2D eigenvalue weighted by molar-refractivity contribution is 0.679. The number of benzene rings is 1. The number of nitrogens with one attached hydrogen (secondary N) is 1. The minimum absolute atomic E-state index is 1.01. The molecule has 2 rings (SSSR count). The Labute approximate surface area is 103 Å². The van der Waals surface area contributed by atoms with Gasteiger partial charge in [-0.25, -0.2) is 0 Å². The fourth-order valence-corrected chi connectivity index (χ4v) is 1.94. The van der Waals surface area contributed by atoms with Crippen molar-refractivity contribution in [2.45, 2.75) is 39.0 Å². The maximum Gasteiger partial charge on any atom is 0.0904 e. The molecule has 0 saturated carbocycles. The van der Waals surface area contributed by atoms with E-state index in [2.05, 4.69) is 48.0 Å². The zero-order chi connectivity index (χ0) is 11.9. The van der Waals surface area contributed by atoms with Crippen LogP contribution in [-0.2, 0) is 0 Å². The van der Waals surface area contributed by atoms with Crippen molar-refractivity contribution in [1.82, 2.24) is 4.98 Å². The van der Waals surface area contributed by atoms with Crippen molar-refractivity contribution >= 4 is 10.9 Å². The van der Waals surface area contributed by atoms with Gasteiger partial charge in [0.15, 0.2) is 0 Å². The Morgan fingerprint density at radius 3 is 2.82 bits per heavy atom. The molecular formula is C16H19N. The van der Waals surface area contributed by atoms with Gasteiger partial charge in [0.05, 0.1) is 5.69 Å². The Morgan fingerprint density at radius 2 is 2.00 bits per heavy atom. The Kier molecular flexibility index (Phi) is 4.27. The number of para-hydroxylation sites is 1. The third-order valence-electron chi connectivity index (χ3n) is 2.91. The molecular weight excluding hydrogens is 206 g/mol. The quantitative estimate of drug-likeness (QED) is 0.583. The van der Waals surface area contributed by atoms with E-state index in [4.69, 9.17) is 0 Å². The van der Waals surface area contributed by atoms with E-state index in [-0.39, 0.29) is 0 Å². The first kappa shape index (κ1) is 11.8. The fraction of sp³-hybridized carbons (Fsp3) is 0.375. The van der Waals surface area contributed by atoms with Gasteiger partial charge in [0.1, 0.15) is 0 Å². The molecule has 0 aliphatic rings. The number of hydrogen-bond donors (Lipinski definition) is 1. The predicted octanol–water partition coefficient (Wildman–Crippen LogP) is 4.49. The van der Waals surface area contributed by atoms with Crippen LogP contribution in [0.2, 0.25) is 0 Å². The Balaban J connectivity index is 1.92. The predicted molar refractivity (Wildman–Crippen MR) is 73.9 cm³/mol. The van der Waals surface area contributed by atoms with Crippen molar-refractivity contribution in [1.29, 1.82) is 0 Å². The molecule has 0 atom stereocenters. The third-order valence-corrected chi connectivity index (χ3v) is 2.91. The maximum absolute atomic E-state index is 3.32. The van der Waals surface area contributed by atoms with E-state index in [0.717, 1.165) is 12.1 Å². The van der Waals surface area contributed by atoms with E-state index >= 15 is 0 Å². The van der Waals surface area contributed by atoms with Gasteiger partial charge >= 0.3 is 0 Å². The molecule has 1 N–H and O–H groups in total. The van der Waals surface area contributed by atoms with Crippen LogP contribution in [0.25, 0.3) is 10.9 Å². The van der Waals surface area contributed by atoms with Crippen molar-refractivity contribution in [3.05, 3.63) is 36.0 Å². The molecule has 88 valence electrons. The largest absolute Gasteiger partial charge is 0.348 e. The maximum atomic E-state index is 3.32. The van der Waals surface area contributed by atoms with E-state index in [1.807, 2.05) is 6.07 Å². The summed E-state index contributed by atoms with van der Waals surface area (Å²) in [5, 5.41) is 1.24. The highest BCUT2D eigenvalue weighted by Gasteiger charge is 1.95. The number of unbranched alkanes of at least 4 members (excludes halogenated alkanes) is 4. The first-order valence-electron chi connectivity index (χ1n) is 6.47. The van der Waals surface area contributed by atoms with Gasteiger partial charge in [-0.05, 0) is 24.5 Å². The molecule has 0 radical (unpaired) electrons. The van der Waals surface area contributed by atoms with Crippen molar-refractivity contribution in [2.75, 3.05) is 0 Å². The second kappa shape index (κ2) is 6.15. The third kappa shape index (κ3) is 3.39. The van der Waals surface area contributed by atoms with Crippen LogP contribution in [0.3, 0.4) is 0 Å². The summed E-state index contributed by atoms with van der Waals surface area (Å²) in [6.07, 6.45) is 6.15. The molecule has 1 heteroatoms. The van der Waals surface area contributed by atoms with Crippen molar-refractivity contribution in [3.63, 3.8) is 0 Å². The van der Waals surface area contributed by atoms with E-state index in [1.54, 1.807) is 0 Å². The average molecular weight is 225 g/mol. The first-order chi connectivity index (χ1) is 8.40. The number of hydrogen-bond acceptors (Lipinski definition) is 0. The molecule has 17 heavy (non-hydrogen) atoms. The number of H-pyrrole nitrogens is 1.